The second-order valence-corrected chi connectivity index (χ2v) is 3.99. The van der Waals surface area contributed by atoms with Gasteiger partial charge >= 0.3 is 0 Å². The van der Waals surface area contributed by atoms with Crippen molar-refractivity contribution in [3.63, 3.8) is 0 Å². The third-order valence-corrected chi connectivity index (χ3v) is 2.73. The third-order valence-electron chi connectivity index (χ3n) is 2.46. The van der Waals surface area contributed by atoms with Crippen LogP contribution in [0.2, 0.25) is 5.15 Å². The van der Waals surface area contributed by atoms with Gasteiger partial charge in [-0.05, 0) is 26.0 Å². The molecule has 0 bridgehead atoms. The normalized spacial score (nSPS) is 10.6. The fourth-order valence-corrected chi connectivity index (χ4v) is 1.72. The van der Waals surface area contributed by atoms with E-state index in [1.54, 1.807) is 13.8 Å². The highest BCUT2D eigenvalue weighted by Gasteiger charge is 2.17. The van der Waals surface area contributed by atoms with Gasteiger partial charge in [0.25, 0.3) is 0 Å². The van der Waals surface area contributed by atoms with Gasteiger partial charge in [0.05, 0.1) is 17.0 Å². The van der Waals surface area contributed by atoms with Crippen LogP contribution < -0.4 is 0 Å². The molecule has 88 valence electrons. The molecule has 0 radical (unpaired) electrons. The van der Waals surface area contributed by atoms with Gasteiger partial charge in [0.1, 0.15) is 17.3 Å². The van der Waals surface area contributed by atoms with E-state index < -0.39 is 11.6 Å². The van der Waals surface area contributed by atoms with Gasteiger partial charge < -0.3 is 0 Å². The van der Waals surface area contributed by atoms with Gasteiger partial charge in [0, 0.05) is 0 Å². The first-order chi connectivity index (χ1) is 8.00. The van der Waals surface area contributed by atoms with Crippen LogP contribution in [0.1, 0.15) is 11.4 Å². The quantitative estimate of drug-likeness (QED) is 0.776. The van der Waals surface area contributed by atoms with Crippen LogP contribution in [0.3, 0.4) is 0 Å². The second-order valence-electron chi connectivity index (χ2n) is 3.63. The number of hydrogen-bond acceptors (Lipinski definition) is 2. The average Bonchev–Trinajstić information content (AvgIpc) is 2.25. The lowest BCUT2D eigenvalue weighted by molar-refractivity contribution is 0.588. The highest BCUT2D eigenvalue weighted by molar-refractivity contribution is 6.31. The molecule has 1 aromatic heterocycles. The Labute approximate surface area is 102 Å². The van der Waals surface area contributed by atoms with E-state index in [1.807, 2.05) is 0 Å². The van der Waals surface area contributed by atoms with Crippen LogP contribution >= 0.6 is 11.6 Å². The summed E-state index contributed by atoms with van der Waals surface area (Å²) in [5.41, 5.74) is 1.01. The number of benzene rings is 1. The van der Waals surface area contributed by atoms with E-state index in [4.69, 9.17) is 11.6 Å². The Balaban J connectivity index is 2.73. The number of halogens is 3. The molecule has 2 aromatic rings. The van der Waals surface area contributed by atoms with Crippen LogP contribution in [0, 0.1) is 25.5 Å². The smallest absolute Gasteiger partial charge is 0.155 e. The Morgan fingerprint density at radius 1 is 1.00 bits per heavy atom. The highest BCUT2D eigenvalue weighted by Crippen LogP contribution is 2.29. The minimum Gasteiger partial charge on any atom is -0.248 e. The van der Waals surface area contributed by atoms with Crippen LogP contribution in [-0.4, -0.2) is 9.97 Å². The number of hydrogen-bond donors (Lipinski definition) is 0. The van der Waals surface area contributed by atoms with Crippen LogP contribution in [0.25, 0.3) is 11.3 Å². The lowest BCUT2D eigenvalue weighted by atomic mass is 10.1. The summed E-state index contributed by atoms with van der Waals surface area (Å²) in [5.74, 6) is -1.41. The maximum atomic E-state index is 13.6. The van der Waals surface area contributed by atoms with E-state index in [9.17, 15) is 8.78 Å². The zero-order valence-corrected chi connectivity index (χ0v) is 10.0. The van der Waals surface area contributed by atoms with Gasteiger partial charge in [-0.25, -0.2) is 18.7 Å². The Bertz CT molecular complexity index is 565. The molecular formula is C12H9ClF2N2. The molecule has 2 rings (SSSR count). The van der Waals surface area contributed by atoms with Gasteiger partial charge in [-0.3, -0.25) is 0 Å². The number of aryl methyl sites for hydroxylation is 2. The van der Waals surface area contributed by atoms with E-state index in [-0.39, 0.29) is 16.4 Å². The Kier molecular flexibility index (Phi) is 3.07. The highest BCUT2D eigenvalue weighted by atomic mass is 35.5. The molecule has 17 heavy (non-hydrogen) atoms. The average molecular weight is 255 g/mol. The lowest BCUT2D eigenvalue weighted by Gasteiger charge is -2.08. The van der Waals surface area contributed by atoms with Crippen molar-refractivity contribution in [1.82, 2.24) is 9.97 Å². The molecule has 0 aliphatic carbocycles. The maximum absolute atomic E-state index is 13.6. The van der Waals surface area contributed by atoms with Gasteiger partial charge in [-0.1, -0.05) is 17.7 Å². The van der Waals surface area contributed by atoms with E-state index in [1.165, 1.54) is 6.07 Å². The van der Waals surface area contributed by atoms with Crippen molar-refractivity contribution in [1.29, 1.82) is 0 Å². The van der Waals surface area contributed by atoms with Crippen LogP contribution in [-0.2, 0) is 0 Å². The monoisotopic (exact) mass is 254 g/mol. The van der Waals surface area contributed by atoms with Crippen molar-refractivity contribution in [2.45, 2.75) is 13.8 Å². The predicted octanol–water partition coefficient (Wildman–Crippen LogP) is 3.69. The zero-order chi connectivity index (χ0) is 12.6. The van der Waals surface area contributed by atoms with Crippen LogP contribution in [0.4, 0.5) is 8.78 Å². The topological polar surface area (TPSA) is 25.8 Å². The van der Waals surface area contributed by atoms with Crippen molar-refractivity contribution in [3.05, 3.63) is 46.4 Å². The summed E-state index contributed by atoms with van der Waals surface area (Å²) in [6, 6.07) is 3.60. The molecule has 0 aliphatic heterocycles. The first-order valence-electron chi connectivity index (χ1n) is 4.96. The fourth-order valence-electron chi connectivity index (χ4n) is 1.46. The lowest BCUT2D eigenvalue weighted by Crippen LogP contribution is -1.99. The summed E-state index contributed by atoms with van der Waals surface area (Å²) in [5, 5.41) is -0.00269. The molecule has 0 saturated heterocycles. The molecule has 0 unspecified atom stereocenters. The largest absolute Gasteiger partial charge is 0.248 e. The van der Waals surface area contributed by atoms with Crippen molar-refractivity contribution < 1.29 is 8.78 Å². The number of aromatic nitrogens is 2. The van der Waals surface area contributed by atoms with E-state index in [0.29, 0.717) is 11.4 Å². The fraction of sp³-hybridized carbons (Fsp3) is 0.167. The third kappa shape index (κ3) is 2.13. The van der Waals surface area contributed by atoms with Crippen molar-refractivity contribution in [2.75, 3.05) is 0 Å². The summed E-state index contributed by atoms with van der Waals surface area (Å²) >= 11 is 5.87. The minimum atomic E-state index is -0.704. The van der Waals surface area contributed by atoms with E-state index >= 15 is 0 Å². The molecule has 0 atom stereocenters. The summed E-state index contributed by atoms with van der Waals surface area (Å²) < 4.78 is 27.2. The maximum Gasteiger partial charge on any atom is 0.155 e. The molecule has 0 amide bonds. The van der Waals surface area contributed by atoms with Crippen molar-refractivity contribution in [2.24, 2.45) is 0 Å². The standard InChI is InChI=1S/C12H9ClF2N2/c1-6-7(2)17-12(13)11(16-6)10-8(14)4-3-5-9(10)15/h3-5H,1-2H3. The molecule has 0 N–H and O–H groups in total. The summed E-state index contributed by atoms with van der Waals surface area (Å²) in [4.78, 5) is 8.09. The Morgan fingerprint density at radius 2 is 1.53 bits per heavy atom. The SMILES string of the molecule is Cc1nc(Cl)c(-c2c(F)cccc2F)nc1C. The zero-order valence-electron chi connectivity index (χ0n) is 9.26. The number of rotatable bonds is 1. The predicted molar refractivity (Wildman–Crippen MR) is 61.9 cm³/mol. The first kappa shape index (κ1) is 11.9. The van der Waals surface area contributed by atoms with Crippen LogP contribution in [0.15, 0.2) is 18.2 Å². The molecular weight excluding hydrogens is 246 g/mol. The number of nitrogens with zero attached hydrogens (tertiary/aromatic N) is 2. The molecule has 5 heteroatoms. The molecule has 0 saturated carbocycles. The minimum absolute atomic E-state index is 0.00269. The summed E-state index contributed by atoms with van der Waals surface area (Å²) in [7, 11) is 0. The molecule has 0 aliphatic rings. The second kappa shape index (κ2) is 4.37. The molecule has 0 fully saturated rings. The van der Waals surface area contributed by atoms with Crippen LogP contribution in [0.5, 0.6) is 0 Å². The molecule has 1 aromatic carbocycles. The summed E-state index contributed by atoms with van der Waals surface area (Å²) in [6.07, 6.45) is 0. The summed E-state index contributed by atoms with van der Waals surface area (Å²) in [6.45, 7) is 3.44. The van der Waals surface area contributed by atoms with Gasteiger partial charge in [-0.2, -0.15) is 0 Å². The molecule has 1 heterocycles. The van der Waals surface area contributed by atoms with Gasteiger partial charge in [0.15, 0.2) is 5.15 Å². The molecule has 0 spiro atoms. The Morgan fingerprint density at radius 3 is 2.12 bits per heavy atom. The van der Waals surface area contributed by atoms with Crippen molar-refractivity contribution in [3.8, 4) is 11.3 Å². The van der Waals surface area contributed by atoms with Gasteiger partial charge in [0.2, 0.25) is 0 Å². The Hall–Kier alpha value is -1.55. The first-order valence-corrected chi connectivity index (χ1v) is 5.33. The van der Waals surface area contributed by atoms with Crippen molar-refractivity contribution >= 4 is 11.6 Å². The van der Waals surface area contributed by atoms with Gasteiger partial charge in [-0.15, -0.1) is 0 Å². The van der Waals surface area contributed by atoms with E-state index in [0.717, 1.165) is 12.1 Å². The molecule has 2 nitrogen and oxygen atoms in total. The van der Waals surface area contributed by atoms with E-state index in [2.05, 4.69) is 9.97 Å².